The van der Waals surface area contributed by atoms with Gasteiger partial charge in [0.2, 0.25) is 5.91 Å². The molecule has 3 saturated heterocycles. The number of likely N-dealkylation sites (tertiary alicyclic amines) is 3. The van der Waals surface area contributed by atoms with Crippen LogP contribution in [0.1, 0.15) is 45.4 Å². The largest absolute Gasteiger partial charge is 0.480 e. The molecule has 7 heteroatoms. The molecule has 3 amide bonds. The summed E-state index contributed by atoms with van der Waals surface area (Å²) in [5, 5.41) is 9.46. The summed E-state index contributed by atoms with van der Waals surface area (Å²) in [5.74, 6) is -0.753. The second-order valence-electron chi connectivity index (χ2n) is 7.75. The maximum absolute atomic E-state index is 12.9. The number of urea groups is 1. The monoisotopic (exact) mass is 351 g/mol. The van der Waals surface area contributed by atoms with Crippen LogP contribution in [0.15, 0.2) is 0 Å². The van der Waals surface area contributed by atoms with E-state index in [1.54, 1.807) is 4.90 Å². The van der Waals surface area contributed by atoms with Crippen LogP contribution < -0.4 is 0 Å². The lowest BCUT2D eigenvalue weighted by Crippen LogP contribution is -2.53. The summed E-state index contributed by atoms with van der Waals surface area (Å²) in [5.41, 5.74) is 0. The number of amides is 3. The van der Waals surface area contributed by atoms with Gasteiger partial charge in [-0.2, -0.15) is 0 Å². The molecule has 25 heavy (non-hydrogen) atoms. The lowest BCUT2D eigenvalue weighted by atomic mass is 9.89. The van der Waals surface area contributed by atoms with Crippen molar-refractivity contribution in [2.75, 3.05) is 32.7 Å². The predicted molar refractivity (Wildman–Crippen MR) is 92.0 cm³/mol. The zero-order chi connectivity index (χ0) is 18.0. The Morgan fingerprint density at radius 1 is 0.880 bits per heavy atom. The van der Waals surface area contributed by atoms with Gasteiger partial charge in [-0.15, -0.1) is 0 Å². The van der Waals surface area contributed by atoms with Gasteiger partial charge in [-0.1, -0.05) is 6.92 Å². The number of nitrogens with zero attached hydrogens (tertiary/aromatic N) is 3. The van der Waals surface area contributed by atoms with Crippen LogP contribution in [0.2, 0.25) is 0 Å². The van der Waals surface area contributed by atoms with E-state index in [-0.39, 0.29) is 17.9 Å². The van der Waals surface area contributed by atoms with Crippen molar-refractivity contribution in [1.29, 1.82) is 0 Å². The van der Waals surface area contributed by atoms with Crippen LogP contribution in [-0.4, -0.2) is 76.5 Å². The van der Waals surface area contributed by atoms with Gasteiger partial charge >= 0.3 is 12.0 Å². The smallest absolute Gasteiger partial charge is 0.326 e. The second-order valence-corrected chi connectivity index (χ2v) is 7.75. The average molecular weight is 351 g/mol. The molecule has 0 aliphatic carbocycles. The molecule has 1 N–H and O–H groups in total. The van der Waals surface area contributed by atoms with E-state index in [1.807, 2.05) is 16.7 Å². The Morgan fingerprint density at radius 3 is 2.08 bits per heavy atom. The van der Waals surface area contributed by atoms with Crippen LogP contribution in [0.5, 0.6) is 0 Å². The van der Waals surface area contributed by atoms with Gasteiger partial charge in [-0.3, -0.25) is 4.79 Å². The molecule has 0 aromatic heterocycles. The van der Waals surface area contributed by atoms with Gasteiger partial charge in [0.25, 0.3) is 0 Å². The van der Waals surface area contributed by atoms with E-state index in [4.69, 9.17) is 0 Å². The maximum Gasteiger partial charge on any atom is 0.326 e. The first kappa shape index (κ1) is 18.0. The van der Waals surface area contributed by atoms with Gasteiger partial charge in [0.05, 0.1) is 0 Å². The van der Waals surface area contributed by atoms with Crippen molar-refractivity contribution in [3.05, 3.63) is 0 Å². The SMILES string of the molecule is CC1CCN(C(=O)C2CCN(C(=O)N3CCCC3)CC2)C(C(=O)O)C1. The number of carboxylic acids is 1. The summed E-state index contributed by atoms with van der Waals surface area (Å²) in [4.78, 5) is 42.1. The molecule has 140 valence electrons. The third-order valence-electron chi connectivity index (χ3n) is 5.92. The number of rotatable bonds is 2. The molecular weight excluding hydrogens is 322 g/mol. The molecule has 3 rings (SSSR count). The van der Waals surface area contributed by atoms with E-state index in [2.05, 4.69) is 0 Å². The van der Waals surface area contributed by atoms with Crippen LogP contribution in [-0.2, 0) is 9.59 Å². The molecule has 2 atom stereocenters. The van der Waals surface area contributed by atoms with E-state index >= 15 is 0 Å². The Hall–Kier alpha value is -1.79. The minimum Gasteiger partial charge on any atom is -0.480 e. The van der Waals surface area contributed by atoms with Gasteiger partial charge < -0.3 is 19.8 Å². The van der Waals surface area contributed by atoms with E-state index in [0.717, 1.165) is 32.4 Å². The third kappa shape index (κ3) is 3.90. The minimum atomic E-state index is -0.901. The Labute approximate surface area is 148 Å². The number of carbonyl (C=O) groups is 3. The van der Waals surface area contributed by atoms with Gasteiger partial charge in [0, 0.05) is 38.6 Å². The van der Waals surface area contributed by atoms with Crippen LogP contribution in [0.25, 0.3) is 0 Å². The molecule has 0 radical (unpaired) electrons. The molecule has 7 nitrogen and oxygen atoms in total. The number of carbonyl (C=O) groups excluding carboxylic acids is 2. The second kappa shape index (κ2) is 7.62. The molecule has 0 saturated carbocycles. The molecule has 0 spiro atoms. The molecule has 3 aliphatic heterocycles. The summed E-state index contributed by atoms with van der Waals surface area (Å²) in [6, 6.07) is -0.598. The number of aliphatic carboxylic acids is 1. The van der Waals surface area contributed by atoms with Crippen LogP contribution in [0.4, 0.5) is 4.79 Å². The Kier molecular flexibility index (Phi) is 5.49. The van der Waals surface area contributed by atoms with Crippen LogP contribution in [0.3, 0.4) is 0 Å². The number of piperidine rings is 2. The van der Waals surface area contributed by atoms with E-state index in [9.17, 15) is 19.5 Å². The molecule has 2 unspecified atom stereocenters. The molecule has 0 aromatic rings. The fraction of sp³-hybridized carbons (Fsp3) is 0.833. The highest BCUT2D eigenvalue weighted by molar-refractivity contribution is 5.85. The average Bonchev–Trinajstić information content (AvgIpc) is 3.15. The highest BCUT2D eigenvalue weighted by atomic mass is 16.4. The zero-order valence-corrected chi connectivity index (χ0v) is 15.0. The normalized spacial score (nSPS) is 28.3. The van der Waals surface area contributed by atoms with Crippen molar-refractivity contribution in [3.63, 3.8) is 0 Å². The molecular formula is C18H29N3O4. The van der Waals surface area contributed by atoms with Crippen molar-refractivity contribution in [2.24, 2.45) is 11.8 Å². The highest BCUT2D eigenvalue weighted by Gasteiger charge is 2.39. The molecule has 3 aliphatic rings. The first-order valence-electron chi connectivity index (χ1n) is 9.54. The first-order chi connectivity index (χ1) is 12.0. The minimum absolute atomic E-state index is 0.0347. The first-order valence-corrected chi connectivity index (χ1v) is 9.54. The molecule has 3 fully saturated rings. The Morgan fingerprint density at radius 2 is 1.48 bits per heavy atom. The van der Waals surface area contributed by atoms with E-state index < -0.39 is 12.0 Å². The van der Waals surface area contributed by atoms with Crippen molar-refractivity contribution in [2.45, 2.75) is 51.5 Å². The summed E-state index contributed by atoms with van der Waals surface area (Å²) in [7, 11) is 0. The Balaban J connectivity index is 1.55. The van der Waals surface area contributed by atoms with E-state index in [1.165, 1.54) is 0 Å². The summed E-state index contributed by atoms with van der Waals surface area (Å²) in [6.07, 6.45) is 4.82. The van der Waals surface area contributed by atoms with Crippen molar-refractivity contribution < 1.29 is 19.5 Å². The van der Waals surface area contributed by atoms with Crippen LogP contribution in [0, 0.1) is 11.8 Å². The fourth-order valence-electron chi connectivity index (χ4n) is 4.30. The highest BCUT2D eigenvalue weighted by Crippen LogP contribution is 2.28. The van der Waals surface area contributed by atoms with Gasteiger partial charge in [0.1, 0.15) is 6.04 Å². The predicted octanol–water partition coefficient (Wildman–Crippen LogP) is 1.63. The summed E-state index contributed by atoms with van der Waals surface area (Å²) in [6.45, 7) is 5.43. The van der Waals surface area contributed by atoms with Gasteiger partial charge in [-0.05, 0) is 44.4 Å². The molecule has 0 aromatic carbocycles. The lowest BCUT2D eigenvalue weighted by Gasteiger charge is -2.40. The molecule has 3 heterocycles. The number of hydrogen-bond donors (Lipinski definition) is 1. The van der Waals surface area contributed by atoms with E-state index in [0.29, 0.717) is 44.8 Å². The Bertz CT molecular complexity index is 524. The van der Waals surface area contributed by atoms with Crippen molar-refractivity contribution in [3.8, 4) is 0 Å². The third-order valence-corrected chi connectivity index (χ3v) is 5.92. The summed E-state index contributed by atoms with van der Waals surface area (Å²) >= 11 is 0. The summed E-state index contributed by atoms with van der Waals surface area (Å²) < 4.78 is 0. The maximum atomic E-state index is 12.9. The quantitative estimate of drug-likeness (QED) is 0.820. The topological polar surface area (TPSA) is 81.2 Å². The lowest BCUT2D eigenvalue weighted by molar-refractivity contribution is -0.155. The van der Waals surface area contributed by atoms with Crippen molar-refractivity contribution in [1.82, 2.24) is 14.7 Å². The van der Waals surface area contributed by atoms with Crippen LogP contribution >= 0.6 is 0 Å². The van der Waals surface area contributed by atoms with Crippen molar-refractivity contribution >= 4 is 17.9 Å². The number of carboxylic acid groups (broad SMARTS) is 1. The van der Waals surface area contributed by atoms with Gasteiger partial charge in [0.15, 0.2) is 0 Å². The number of hydrogen-bond acceptors (Lipinski definition) is 3. The fourth-order valence-corrected chi connectivity index (χ4v) is 4.30. The van der Waals surface area contributed by atoms with Gasteiger partial charge in [-0.25, -0.2) is 9.59 Å². The standard InChI is InChI=1S/C18H29N3O4/c1-13-4-11-21(15(12-13)17(23)24)16(22)14-5-9-20(10-6-14)18(25)19-7-2-3-8-19/h13-15H,2-12H2,1H3,(H,23,24). The molecule has 0 bridgehead atoms. The zero-order valence-electron chi connectivity index (χ0n) is 15.0.